The summed E-state index contributed by atoms with van der Waals surface area (Å²) in [7, 11) is -3.37. The van der Waals surface area contributed by atoms with Crippen LogP contribution in [0.3, 0.4) is 0 Å². The number of sulfonamides is 1. The molecule has 0 saturated carbocycles. The molecule has 1 N–H and O–H groups in total. The molecular formula is C21H28N2O3S2. The van der Waals surface area contributed by atoms with Gasteiger partial charge in [-0.2, -0.15) is 11.8 Å². The molecule has 152 valence electrons. The minimum Gasteiger partial charge on any atom is -0.355 e. The highest BCUT2D eigenvalue weighted by atomic mass is 32.2. The minimum atomic E-state index is -3.37. The SMILES string of the molecule is Cc1cccc(CSCCNC(=O)CCCN(c2ccccc2)S(C)(=O)=O)c1. The molecule has 0 saturated heterocycles. The minimum absolute atomic E-state index is 0.0438. The Bertz CT molecular complexity index is 855. The topological polar surface area (TPSA) is 66.5 Å². The van der Waals surface area contributed by atoms with Crippen LogP contribution >= 0.6 is 11.8 Å². The number of hydrogen-bond donors (Lipinski definition) is 1. The second kappa shape index (κ2) is 11.1. The van der Waals surface area contributed by atoms with Crippen LogP contribution in [0.4, 0.5) is 5.69 Å². The molecule has 0 atom stereocenters. The van der Waals surface area contributed by atoms with Crippen LogP contribution in [-0.4, -0.2) is 39.4 Å². The van der Waals surface area contributed by atoms with E-state index in [1.807, 2.05) is 6.07 Å². The number of nitrogens with zero attached hydrogens (tertiary/aromatic N) is 1. The lowest BCUT2D eigenvalue weighted by Gasteiger charge is -2.22. The zero-order valence-electron chi connectivity index (χ0n) is 16.4. The molecule has 1 amide bonds. The predicted octanol–water partition coefficient (Wildman–Crippen LogP) is 3.59. The fourth-order valence-electron chi connectivity index (χ4n) is 2.81. The molecule has 7 heteroatoms. The number of benzene rings is 2. The van der Waals surface area contributed by atoms with Crippen molar-refractivity contribution in [1.82, 2.24) is 5.32 Å². The van der Waals surface area contributed by atoms with E-state index in [1.54, 1.807) is 36.0 Å². The lowest BCUT2D eigenvalue weighted by molar-refractivity contribution is -0.121. The molecule has 0 aliphatic carbocycles. The Kier molecular flexibility index (Phi) is 8.86. The van der Waals surface area contributed by atoms with Crippen molar-refractivity contribution >= 4 is 33.4 Å². The van der Waals surface area contributed by atoms with E-state index in [0.717, 1.165) is 11.5 Å². The maximum atomic E-state index is 12.0. The van der Waals surface area contributed by atoms with Gasteiger partial charge in [-0.15, -0.1) is 0 Å². The third-order valence-corrected chi connectivity index (χ3v) is 6.35. The van der Waals surface area contributed by atoms with Crippen LogP contribution in [0.15, 0.2) is 54.6 Å². The number of hydrogen-bond acceptors (Lipinski definition) is 4. The van der Waals surface area contributed by atoms with E-state index in [4.69, 9.17) is 0 Å². The van der Waals surface area contributed by atoms with E-state index in [1.165, 1.54) is 21.7 Å². The van der Waals surface area contributed by atoms with Gasteiger partial charge in [-0.25, -0.2) is 8.42 Å². The standard InChI is InChI=1S/C21H28N2O3S2/c1-18-8-6-9-19(16-18)17-27-15-13-22-21(24)12-7-14-23(28(2,25)26)20-10-4-3-5-11-20/h3-6,8-11,16H,7,12-15,17H2,1-2H3,(H,22,24). The smallest absolute Gasteiger partial charge is 0.232 e. The summed E-state index contributed by atoms with van der Waals surface area (Å²) in [6.07, 6.45) is 1.97. The Hall–Kier alpha value is -1.99. The number of carbonyl (C=O) groups excluding carboxylic acids is 1. The van der Waals surface area contributed by atoms with Crippen molar-refractivity contribution in [2.45, 2.75) is 25.5 Å². The van der Waals surface area contributed by atoms with Crippen LogP contribution in [0.25, 0.3) is 0 Å². The monoisotopic (exact) mass is 420 g/mol. The molecule has 2 rings (SSSR count). The second-order valence-electron chi connectivity index (χ2n) is 6.67. The van der Waals surface area contributed by atoms with Gasteiger partial charge in [0.2, 0.25) is 15.9 Å². The van der Waals surface area contributed by atoms with Gasteiger partial charge in [0, 0.05) is 31.0 Å². The van der Waals surface area contributed by atoms with Crippen LogP contribution in [-0.2, 0) is 20.6 Å². The van der Waals surface area contributed by atoms with Crippen LogP contribution < -0.4 is 9.62 Å². The summed E-state index contributed by atoms with van der Waals surface area (Å²) < 4.78 is 25.4. The first-order valence-electron chi connectivity index (χ1n) is 9.29. The number of carbonyl (C=O) groups is 1. The average Bonchev–Trinajstić information content (AvgIpc) is 2.65. The number of aryl methyl sites for hydroxylation is 1. The Morgan fingerprint density at radius 3 is 2.54 bits per heavy atom. The van der Waals surface area contributed by atoms with Gasteiger partial charge < -0.3 is 5.32 Å². The van der Waals surface area contributed by atoms with Gasteiger partial charge in [0.15, 0.2) is 0 Å². The third-order valence-electron chi connectivity index (χ3n) is 4.13. The van der Waals surface area contributed by atoms with Crippen LogP contribution in [0.2, 0.25) is 0 Å². The molecule has 0 spiro atoms. The molecular weight excluding hydrogens is 392 g/mol. The summed E-state index contributed by atoms with van der Waals surface area (Å²) in [6, 6.07) is 17.4. The number of anilines is 1. The van der Waals surface area contributed by atoms with Gasteiger partial charge in [0.25, 0.3) is 0 Å². The van der Waals surface area contributed by atoms with Gasteiger partial charge in [0.05, 0.1) is 11.9 Å². The fraction of sp³-hybridized carbons (Fsp3) is 0.381. The molecule has 0 bridgehead atoms. The van der Waals surface area contributed by atoms with Crippen LogP contribution in [0.1, 0.15) is 24.0 Å². The molecule has 5 nitrogen and oxygen atoms in total. The Morgan fingerprint density at radius 1 is 1.11 bits per heavy atom. The van der Waals surface area contributed by atoms with Crippen LogP contribution in [0, 0.1) is 6.92 Å². The summed E-state index contributed by atoms with van der Waals surface area (Å²) in [5, 5.41) is 2.90. The largest absolute Gasteiger partial charge is 0.355 e. The van der Waals surface area contributed by atoms with E-state index in [-0.39, 0.29) is 5.91 Å². The molecule has 0 fully saturated rings. The van der Waals surface area contributed by atoms with E-state index >= 15 is 0 Å². The van der Waals surface area contributed by atoms with E-state index in [0.29, 0.717) is 31.6 Å². The summed E-state index contributed by atoms with van der Waals surface area (Å²) in [5.74, 6) is 1.73. The van der Waals surface area contributed by atoms with Crippen molar-refractivity contribution < 1.29 is 13.2 Å². The van der Waals surface area contributed by atoms with Gasteiger partial charge >= 0.3 is 0 Å². The molecule has 2 aromatic carbocycles. The van der Waals surface area contributed by atoms with Gasteiger partial charge in [0.1, 0.15) is 0 Å². The lowest BCUT2D eigenvalue weighted by atomic mass is 10.2. The Labute approximate surface area is 172 Å². The van der Waals surface area contributed by atoms with Crippen molar-refractivity contribution in [3.63, 3.8) is 0 Å². The Balaban J connectivity index is 1.66. The summed E-state index contributed by atoms with van der Waals surface area (Å²) >= 11 is 1.78. The van der Waals surface area contributed by atoms with Gasteiger partial charge in [-0.1, -0.05) is 48.0 Å². The predicted molar refractivity (Wildman–Crippen MR) is 118 cm³/mol. The molecule has 28 heavy (non-hydrogen) atoms. The second-order valence-corrected chi connectivity index (χ2v) is 9.68. The number of rotatable bonds is 11. The van der Waals surface area contributed by atoms with Crippen LogP contribution in [0.5, 0.6) is 0 Å². The molecule has 0 aliphatic heterocycles. The third kappa shape index (κ3) is 7.94. The summed E-state index contributed by atoms with van der Waals surface area (Å²) in [5.41, 5.74) is 3.17. The normalized spacial score (nSPS) is 11.2. The zero-order chi connectivity index (χ0) is 20.4. The Morgan fingerprint density at radius 2 is 1.86 bits per heavy atom. The molecule has 0 radical (unpaired) electrons. The maximum absolute atomic E-state index is 12.0. The first kappa shape index (κ1) is 22.3. The van der Waals surface area contributed by atoms with E-state index in [2.05, 4.69) is 36.5 Å². The number of thioether (sulfide) groups is 1. The summed E-state index contributed by atoms with van der Waals surface area (Å²) in [4.78, 5) is 12.0. The maximum Gasteiger partial charge on any atom is 0.232 e. The van der Waals surface area contributed by atoms with Crippen molar-refractivity contribution in [2.75, 3.05) is 29.4 Å². The highest BCUT2D eigenvalue weighted by molar-refractivity contribution is 7.98. The highest BCUT2D eigenvalue weighted by Gasteiger charge is 2.17. The highest BCUT2D eigenvalue weighted by Crippen LogP contribution is 2.17. The van der Waals surface area contributed by atoms with E-state index < -0.39 is 10.0 Å². The molecule has 2 aromatic rings. The van der Waals surface area contributed by atoms with Gasteiger partial charge in [-0.05, 0) is 31.0 Å². The fourth-order valence-corrected chi connectivity index (χ4v) is 4.58. The molecule has 0 aliphatic rings. The van der Waals surface area contributed by atoms with E-state index in [9.17, 15) is 13.2 Å². The average molecular weight is 421 g/mol. The molecule has 0 heterocycles. The zero-order valence-corrected chi connectivity index (χ0v) is 18.1. The number of para-hydroxylation sites is 1. The van der Waals surface area contributed by atoms with Crippen molar-refractivity contribution in [2.24, 2.45) is 0 Å². The van der Waals surface area contributed by atoms with Crippen molar-refractivity contribution in [3.8, 4) is 0 Å². The summed E-state index contributed by atoms with van der Waals surface area (Å²) in [6.45, 7) is 2.99. The molecule has 0 aromatic heterocycles. The van der Waals surface area contributed by atoms with Crippen molar-refractivity contribution in [1.29, 1.82) is 0 Å². The first-order valence-corrected chi connectivity index (χ1v) is 12.3. The molecule has 0 unspecified atom stereocenters. The number of nitrogens with one attached hydrogen (secondary N) is 1. The first-order chi connectivity index (χ1) is 13.4. The lowest BCUT2D eigenvalue weighted by Crippen LogP contribution is -2.32. The number of amides is 1. The van der Waals surface area contributed by atoms with Crippen molar-refractivity contribution in [3.05, 3.63) is 65.7 Å². The van der Waals surface area contributed by atoms with Gasteiger partial charge in [-0.3, -0.25) is 9.10 Å². The quantitative estimate of drug-likeness (QED) is 0.564.